The Morgan fingerprint density at radius 3 is 2.35 bits per heavy atom. The summed E-state index contributed by atoms with van der Waals surface area (Å²) in [5, 5.41) is 8.62. The number of carboxylic acids is 1. The molecule has 0 bridgehead atoms. The Labute approximate surface area is 118 Å². The van der Waals surface area contributed by atoms with Crippen LogP contribution in [-0.4, -0.2) is 17.0 Å². The predicted molar refractivity (Wildman–Crippen MR) is 74.6 cm³/mol. The summed E-state index contributed by atoms with van der Waals surface area (Å²) >= 11 is 0. The molecule has 1 aliphatic rings. The summed E-state index contributed by atoms with van der Waals surface area (Å²) in [5.41, 5.74) is 0.935. The Bertz CT molecular complexity index is 458. The summed E-state index contributed by atoms with van der Waals surface area (Å²) in [6.45, 7) is 0. The number of ether oxygens (including phenoxy) is 1. The summed E-state index contributed by atoms with van der Waals surface area (Å²) in [7, 11) is 0. The minimum atomic E-state index is -0.808. The van der Waals surface area contributed by atoms with E-state index in [1.54, 1.807) is 12.1 Å². The lowest BCUT2D eigenvalue weighted by atomic mass is 9.89. The number of hydrogen-bond acceptors (Lipinski definition) is 3. The third-order valence-electron chi connectivity index (χ3n) is 3.71. The zero-order valence-electron chi connectivity index (χ0n) is 11.5. The van der Waals surface area contributed by atoms with Gasteiger partial charge in [0.1, 0.15) is 5.75 Å². The zero-order chi connectivity index (χ0) is 14.4. The molecule has 0 unspecified atom stereocenters. The molecule has 1 saturated carbocycles. The number of aryl methyl sites for hydroxylation is 1. The van der Waals surface area contributed by atoms with E-state index in [0.29, 0.717) is 12.2 Å². The summed E-state index contributed by atoms with van der Waals surface area (Å²) in [5.74, 6) is -0.365. The van der Waals surface area contributed by atoms with Crippen molar-refractivity contribution in [3.63, 3.8) is 0 Å². The van der Waals surface area contributed by atoms with E-state index in [9.17, 15) is 9.59 Å². The second kappa shape index (κ2) is 7.08. The number of aliphatic carboxylic acids is 1. The van der Waals surface area contributed by atoms with E-state index >= 15 is 0 Å². The highest BCUT2D eigenvalue weighted by Gasteiger charge is 2.22. The fourth-order valence-electron chi connectivity index (χ4n) is 2.51. The molecule has 0 amide bonds. The first-order chi connectivity index (χ1) is 9.65. The van der Waals surface area contributed by atoms with Crippen molar-refractivity contribution in [1.29, 1.82) is 0 Å². The van der Waals surface area contributed by atoms with Gasteiger partial charge in [-0.05, 0) is 37.0 Å². The fraction of sp³-hybridized carbons (Fsp3) is 0.500. The van der Waals surface area contributed by atoms with Gasteiger partial charge in [0.25, 0.3) is 0 Å². The molecular formula is C16H20O4. The molecular weight excluding hydrogens is 256 g/mol. The number of rotatable bonds is 5. The van der Waals surface area contributed by atoms with Gasteiger partial charge >= 0.3 is 11.9 Å². The monoisotopic (exact) mass is 276 g/mol. The van der Waals surface area contributed by atoms with Crippen molar-refractivity contribution < 1.29 is 19.4 Å². The van der Waals surface area contributed by atoms with Gasteiger partial charge in [0.15, 0.2) is 0 Å². The van der Waals surface area contributed by atoms with Crippen LogP contribution in [0.2, 0.25) is 0 Å². The summed E-state index contributed by atoms with van der Waals surface area (Å²) < 4.78 is 5.38. The minimum Gasteiger partial charge on any atom is -0.481 e. The van der Waals surface area contributed by atoms with Crippen LogP contribution in [0.3, 0.4) is 0 Å². The Morgan fingerprint density at radius 2 is 1.75 bits per heavy atom. The van der Waals surface area contributed by atoms with E-state index < -0.39 is 5.97 Å². The van der Waals surface area contributed by atoms with Gasteiger partial charge in [-0.1, -0.05) is 31.4 Å². The summed E-state index contributed by atoms with van der Waals surface area (Å²) in [4.78, 5) is 22.5. The Kier molecular flexibility index (Phi) is 5.16. The molecule has 20 heavy (non-hydrogen) atoms. The van der Waals surface area contributed by atoms with E-state index in [2.05, 4.69) is 0 Å². The maximum Gasteiger partial charge on any atom is 0.314 e. The molecule has 4 nitrogen and oxygen atoms in total. The zero-order valence-corrected chi connectivity index (χ0v) is 11.5. The van der Waals surface area contributed by atoms with Crippen LogP contribution in [0, 0.1) is 5.92 Å². The van der Waals surface area contributed by atoms with Gasteiger partial charge in [0, 0.05) is 6.42 Å². The van der Waals surface area contributed by atoms with Crippen molar-refractivity contribution in [1.82, 2.24) is 0 Å². The van der Waals surface area contributed by atoms with Crippen LogP contribution in [0.15, 0.2) is 24.3 Å². The Morgan fingerprint density at radius 1 is 1.10 bits per heavy atom. The van der Waals surface area contributed by atoms with E-state index in [-0.39, 0.29) is 18.3 Å². The minimum absolute atomic E-state index is 0.0374. The van der Waals surface area contributed by atoms with E-state index in [4.69, 9.17) is 9.84 Å². The topological polar surface area (TPSA) is 63.6 Å². The summed E-state index contributed by atoms with van der Waals surface area (Å²) in [6.07, 6.45) is 5.88. The largest absolute Gasteiger partial charge is 0.481 e. The van der Waals surface area contributed by atoms with Crippen molar-refractivity contribution in [3.8, 4) is 5.75 Å². The van der Waals surface area contributed by atoms with Crippen LogP contribution in [0.1, 0.15) is 44.1 Å². The van der Waals surface area contributed by atoms with Crippen molar-refractivity contribution in [2.75, 3.05) is 0 Å². The Balaban J connectivity index is 1.86. The first-order valence-electron chi connectivity index (χ1n) is 7.17. The van der Waals surface area contributed by atoms with Gasteiger partial charge in [-0.15, -0.1) is 0 Å². The van der Waals surface area contributed by atoms with Crippen molar-refractivity contribution >= 4 is 11.9 Å². The van der Waals surface area contributed by atoms with Crippen molar-refractivity contribution in [2.45, 2.75) is 44.9 Å². The molecule has 1 aromatic rings. The molecule has 1 aliphatic carbocycles. The number of esters is 1. The molecule has 108 valence electrons. The number of hydrogen-bond donors (Lipinski definition) is 1. The highest BCUT2D eigenvalue weighted by Crippen LogP contribution is 2.25. The smallest absolute Gasteiger partial charge is 0.314 e. The van der Waals surface area contributed by atoms with Crippen LogP contribution in [0.4, 0.5) is 0 Å². The number of benzene rings is 1. The van der Waals surface area contributed by atoms with E-state index in [1.165, 1.54) is 6.42 Å². The average molecular weight is 276 g/mol. The molecule has 1 N–H and O–H groups in total. The maximum atomic E-state index is 12.0. The molecule has 4 heteroatoms. The normalized spacial score (nSPS) is 15.8. The summed E-state index contributed by atoms with van der Waals surface area (Å²) in [6, 6.07) is 7.09. The van der Waals surface area contributed by atoms with Crippen molar-refractivity contribution in [3.05, 3.63) is 29.8 Å². The van der Waals surface area contributed by atoms with E-state index in [0.717, 1.165) is 31.2 Å². The Hall–Kier alpha value is -1.84. The standard InChI is InChI=1S/C16H20O4/c17-15(18)11-8-12-6-9-14(10-7-12)20-16(19)13-4-2-1-3-5-13/h6-7,9-10,13H,1-5,8,11H2,(H,17,18). The lowest BCUT2D eigenvalue weighted by molar-refractivity contribution is -0.140. The highest BCUT2D eigenvalue weighted by molar-refractivity contribution is 5.75. The molecule has 0 spiro atoms. The second-order valence-electron chi connectivity index (χ2n) is 5.29. The third kappa shape index (κ3) is 4.37. The maximum absolute atomic E-state index is 12.0. The van der Waals surface area contributed by atoms with Gasteiger partial charge in [-0.2, -0.15) is 0 Å². The van der Waals surface area contributed by atoms with Gasteiger partial charge in [0.2, 0.25) is 0 Å². The molecule has 1 aromatic carbocycles. The van der Waals surface area contributed by atoms with Crippen LogP contribution in [0.25, 0.3) is 0 Å². The van der Waals surface area contributed by atoms with Gasteiger partial charge in [-0.25, -0.2) is 0 Å². The fourth-order valence-corrected chi connectivity index (χ4v) is 2.51. The quantitative estimate of drug-likeness (QED) is 0.662. The molecule has 1 fully saturated rings. The predicted octanol–water partition coefficient (Wildman–Crippen LogP) is 3.19. The first kappa shape index (κ1) is 14.6. The molecule has 0 heterocycles. The number of carbonyl (C=O) groups excluding carboxylic acids is 1. The lowest BCUT2D eigenvalue weighted by Gasteiger charge is -2.19. The van der Waals surface area contributed by atoms with Crippen molar-refractivity contribution in [2.24, 2.45) is 5.92 Å². The van der Waals surface area contributed by atoms with Crippen LogP contribution < -0.4 is 4.74 Å². The SMILES string of the molecule is O=C(O)CCc1ccc(OC(=O)C2CCCCC2)cc1. The van der Waals surface area contributed by atoms with Crippen LogP contribution in [-0.2, 0) is 16.0 Å². The molecule has 0 saturated heterocycles. The molecule has 0 aliphatic heterocycles. The molecule has 0 atom stereocenters. The highest BCUT2D eigenvalue weighted by atomic mass is 16.5. The lowest BCUT2D eigenvalue weighted by Crippen LogP contribution is -2.22. The van der Waals surface area contributed by atoms with Crippen LogP contribution in [0.5, 0.6) is 5.75 Å². The third-order valence-corrected chi connectivity index (χ3v) is 3.71. The van der Waals surface area contributed by atoms with Gasteiger partial charge in [-0.3, -0.25) is 9.59 Å². The average Bonchev–Trinajstić information content (AvgIpc) is 2.47. The molecule has 0 radical (unpaired) electrons. The second-order valence-corrected chi connectivity index (χ2v) is 5.29. The first-order valence-corrected chi connectivity index (χ1v) is 7.17. The number of carbonyl (C=O) groups is 2. The van der Waals surface area contributed by atoms with Gasteiger partial charge < -0.3 is 9.84 Å². The number of carboxylic acid groups (broad SMARTS) is 1. The molecule has 0 aromatic heterocycles. The van der Waals surface area contributed by atoms with Crippen LogP contribution >= 0.6 is 0 Å². The van der Waals surface area contributed by atoms with Gasteiger partial charge in [0.05, 0.1) is 5.92 Å². The molecule has 2 rings (SSSR count). The van der Waals surface area contributed by atoms with E-state index in [1.807, 2.05) is 12.1 Å².